The zero-order valence-electron chi connectivity index (χ0n) is 8.64. The van der Waals surface area contributed by atoms with Crippen LogP contribution in [0.3, 0.4) is 0 Å². The molecule has 1 aromatic rings. The summed E-state index contributed by atoms with van der Waals surface area (Å²) in [6, 6.07) is 2.24. The Morgan fingerprint density at radius 2 is 2.06 bits per heavy atom. The van der Waals surface area contributed by atoms with Gasteiger partial charge in [-0.25, -0.2) is 0 Å². The Balaban J connectivity index is 2.96. The fourth-order valence-corrected chi connectivity index (χ4v) is 1.42. The molecular formula is C9H8ClF3N2O2. The number of nitro groups is 1. The molecule has 0 radical (unpaired) electrons. The number of hydrogen-bond acceptors (Lipinski definition) is 3. The van der Waals surface area contributed by atoms with Gasteiger partial charge in [0.05, 0.1) is 4.92 Å². The van der Waals surface area contributed by atoms with Crippen molar-refractivity contribution in [1.29, 1.82) is 0 Å². The molecule has 0 aliphatic rings. The van der Waals surface area contributed by atoms with E-state index in [1.54, 1.807) is 0 Å². The Kier molecular flexibility index (Phi) is 3.82. The zero-order chi connectivity index (χ0) is 13.2. The standard InChI is InChI=1S/C9H8ClF3N2O2/c1-5-2-8(15(16)17)6(10)3-7(5)14-4-9(11,12)13/h2-3,14H,4H2,1H3. The van der Waals surface area contributed by atoms with Crippen molar-refractivity contribution in [2.75, 3.05) is 11.9 Å². The van der Waals surface area contributed by atoms with Crippen LogP contribution in [0.1, 0.15) is 5.56 Å². The van der Waals surface area contributed by atoms with E-state index in [-0.39, 0.29) is 16.4 Å². The van der Waals surface area contributed by atoms with Gasteiger partial charge < -0.3 is 5.32 Å². The molecule has 0 fully saturated rings. The number of nitro benzene ring substituents is 1. The Labute approximate surface area is 99.5 Å². The van der Waals surface area contributed by atoms with Gasteiger partial charge in [0.15, 0.2) is 0 Å². The van der Waals surface area contributed by atoms with Crippen molar-refractivity contribution in [1.82, 2.24) is 0 Å². The van der Waals surface area contributed by atoms with Crippen LogP contribution >= 0.6 is 11.6 Å². The van der Waals surface area contributed by atoms with Gasteiger partial charge in [-0.05, 0) is 18.6 Å². The number of aryl methyl sites for hydroxylation is 1. The Morgan fingerprint density at radius 1 is 1.47 bits per heavy atom. The number of alkyl halides is 3. The first-order valence-electron chi connectivity index (χ1n) is 4.46. The van der Waals surface area contributed by atoms with Crippen LogP contribution in [0.15, 0.2) is 12.1 Å². The van der Waals surface area contributed by atoms with Crippen LogP contribution in [0, 0.1) is 17.0 Å². The second-order valence-corrected chi connectivity index (χ2v) is 3.75. The van der Waals surface area contributed by atoms with Gasteiger partial charge in [0.25, 0.3) is 5.69 Å². The molecule has 0 unspecified atom stereocenters. The molecule has 1 rings (SSSR count). The lowest BCUT2D eigenvalue weighted by atomic mass is 10.2. The van der Waals surface area contributed by atoms with E-state index >= 15 is 0 Å². The van der Waals surface area contributed by atoms with Crippen LogP contribution in [0.25, 0.3) is 0 Å². The monoisotopic (exact) mass is 268 g/mol. The van der Waals surface area contributed by atoms with Crippen LogP contribution < -0.4 is 5.32 Å². The van der Waals surface area contributed by atoms with Crippen molar-refractivity contribution in [2.45, 2.75) is 13.1 Å². The minimum Gasteiger partial charge on any atom is -0.376 e. The summed E-state index contributed by atoms with van der Waals surface area (Å²) >= 11 is 5.58. The van der Waals surface area contributed by atoms with Crippen molar-refractivity contribution in [3.05, 3.63) is 32.8 Å². The minimum atomic E-state index is -4.36. The molecule has 0 heterocycles. The molecule has 17 heavy (non-hydrogen) atoms. The molecule has 1 aromatic carbocycles. The van der Waals surface area contributed by atoms with Gasteiger partial charge in [0.2, 0.25) is 0 Å². The van der Waals surface area contributed by atoms with Gasteiger partial charge in [0, 0.05) is 11.8 Å². The molecule has 0 bridgehead atoms. The quantitative estimate of drug-likeness (QED) is 0.674. The average molecular weight is 269 g/mol. The number of halogens is 4. The van der Waals surface area contributed by atoms with Crippen molar-refractivity contribution < 1.29 is 18.1 Å². The normalized spacial score (nSPS) is 11.4. The molecule has 4 nitrogen and oxygen atoms in total. The van der Waals surface area contributed by atoms with Crippen LogP contribution in [0.5, 0.6) is 0 Å². The predicted molar refractivity (Wildman–Crippen MR) is 57.4 cm³/mol. The number of rotatable bonds is 3. The largest absolute Gasteiger partial charge is 0.405 e. The number of benzene rings is 1. The maximum absolute atomic E-state index is 12.0. The lowest BCUT2D eigenvalue weighted by Gasteiger charge is -2.12. The molecule has 0 atom stereocenters. The fourth-order valence-electron chi connectivity index (χ4n) is 1.19. The number of hydrogen-bond donors (Lipinski definition) is 1. The van der Waals surface area contributed by atoms with Crippen molar-refractivity contribution in [3.8, 4) is 0 Å². The summed E-state index contributed by atoms with van der Waals surface area (Å²) < 4.78 is 35.9. The van der Waals surface area contributed by atoms with Gasteiger partial charge in [-0.2, -0.15) is 13.2 Å². The first-order valence-corrected chi connectivity index (χ1v) is 4.83. The molecule has 1 N–H and O–H groups in total. The second kappa shape index (κ2) is 4.79. The number of anilines is 1. The molecule has 0 aromatic heterocycles. The molecule has 0 amide bonds. The molecule has 0 aliphatic heterocycles. The smallest absolute Gasteiger partial charge is 0.376 e. The van der Waals surface area contributed by atoms with E-state index in [9.17, 15) is 23.3 Å². The lowest BCUT2D eigenvalue weighted by molar-refractivity contribution is -0.384. The third-order valence-corrected chi connectivity index (χ3v) is 2.27. The van der Waals surface area contributed by atoms with E-state index < -0.39 is 17.6 Å². The van der Waals surface area contributed by atoms with Gasteiger partial charge in [-0.1, -0.05) is 11.6 Å². The first-order chi connectivity index (χ1) is 7.70. The first kappa shape index (κ1) is 13.6. The van der Waals surface area contributed by atoms with Gasteiger partial charge in [0.1, 0.15) is 11.6 Å². The third-order valence-electron chi connectivity index (χ3n) is 1.97. The Morgan fingerprint density at radius 3 is 2.53 bits per heavy atom. The SMILES string of the molecule is Cc1cc([N+](=O)[O-])c(Cl)cc1NCC(F)(F)F. The van der Waals surface area contributed by atoms with Crippen molar-refractivity contribution in [3.63, 3.8) is 0 Å². The van der Waals surface area contributed by atoms with Crippen LogP contribution in [0.2, 0.25) is 5.02 Å². The number of nitrogens with one attached hydrogen (secondary N) is 1. The van der Waals surface area contributed by atoms with E-state index in [2.05, 4.69) is 5.32 Å². The van der Waals surface area contributed by atoms with Gasteiger partial charge in [-0.3, -0.25) is 10.1 Å². The van der Waals surface area contributed by atoms with Crippen molar-refractivity contribution >= 4 is 23.0 Å². The van der Waals surface area contributed by atoms with Gasteiger partial charge >= 0.3 is 6.18 Å². The van der Waals surface area contributed by atoms with E-state index in [0.717, 1.165) is 12.1 Å². The highest BCUT2D eigenvalue weighted by Crippen LogP contribution is 2.31. The van der Waals surface area contributed by atoms with Gasteiger partial charge in [-0.15, -0.1) is 0 Å². The maximum atomic E-state index is 12.0. The van der Waals surface area contributed by atoms with Crippen molar-refractivity contribution in [2.24, 2.45) is 0 Å². The zero-order valence-corrected chi connectivity index (χ0v) is 9.39. The molecule has 0 saturated heterocycles. The maximum Gasteiger partial charge on any atom is 0.405 e. The van der Waals surface area contributed by atoms with E-state index in [0.29, 0.717) is 5.56 Å². The summed E-state index contributed by atoms with van der Waals surface area (Å²) in [5.74, 6) is 0. The molecule has 8 heteroatoms. The average Bonchev–Trinajstić information content (AvgIpc) is 2.17. The lowest BCUT2D eigenvalue weighted by Crippen LogP contribution is -2.21. The summed E-state index contributed by atoms with van der Waals surface area (Å²) in [5.41, 5.74) is 0.116. The van der Waals surface area contributed by atoms with Crippen LogP contribution in [-0.2, 0) is 0 Å². The highest BCUT2D eigenvalue weighted by Gasteiger charge is 2.27. The molecular weight excluding hydrogens is 261 g/mol. The highest BCUT2D eigenvalue weighted by molar-refractivity contribution is 6.33. The summed E-state index contributed by atoms with van der Waals surface area (Å²) in [6.07, 6.45) is -4.36. The van der Waals surface area contributed by atoms with E-state index in [4.69, 9.17) is 11.6 Å². The summed E-state index contributed by atoms with van der Waals surface area (Å²) in [5, 5.41) is 12.4. The molecule has 0 aliphatic carbocycles. The summed E-state index contributed by atoms with van der Waals surface area (Å²) in [6.45, 7) is 0.240. The Bertz CT molecular complexity index is 449. The minimum absolute atomic E-state index is 0.123. The molecule has 0 spiro atoms. The number of nitrogens with zero attached hydrogens (tertiary/aromatic N) is 1. The topological polar surface area (TPSA) is 55.2 Å². The predicted octanol–water partition coefficient (Wildman–Crippen LogP) is 3.53. The second-order valence-electron chi connectivity index (χ2n) is 3.34. The summed E-state index contributed by atoms with van der Waals surface area (Å²) in [7, 11) is 0. The van der Waals surface area contributed by atoms with Crippen LogP contribution in [0.4, 0.5) is 24.5 Å². The fraction of sp³-hybridized carbons (Fsp3) is 0.333. The van der Waals surface area contributed by atoms with E-state index in [1.807, 2.05) is 0 Å². The molecule has 94 valence electrons. The van der Waals surface area contributed by atoms with Crippen LogP contribution in [-0.4, -0.2) is 17.6 Å². The third kappa shape index (κ3) is 3.77. The Hall–Kier alpha value is -1.50. The summed E-state index contributed by atoms with van der Waals surface area (Å²) in [4.78, 5) is 9.83. The molecule has 0 saturated carbocycles. The van der Waals surface area contributed by atoms with E-state index in [1.165, 1.54) is 6.92 Å². The highest BCUT2D eigenvalue weighted by atomic mass is 35.5.